The minimum Gasteiger partial charge on any atom is -0.445 e. The van der Waals surface area contributed by atoms with Crippen LogP contribution in [0.3, 0.4) is 0 Å². The van der Waals surface area contributed by atoms with Crippen molar-refractivity contribution >= 4 is 37.0 Å². The number of nitrogens with zero attached hydrogens (tertiary/aromatic N) is 6. The van der Waals surface area contributed by atoms with Crippen molar-refractivity contribution in [3.05, 3.63) is 137 Å². The van der Waals surface area contributed by atoms with E-state index in [0.717, 1.165) is 39.5 Å². The van der Waals surface area contributed by atoms with Crippen molar-refractivity contribution in [2.75, 3.05) is 39.3 Å². The molecule has 0 bridgehead atoms. The molecule has 2 saturated heterocycles. The lowest BCUT2D eigenvalue weighted by atomic mass is 9.80. The summed E-state index contributed by atoms with van der Waals surface area (Å²) in [6.07, 6.45) is 0.744. The first kappa shape index (κ1) is 54.2. The van der Waals surface area contributed by atoms with Crippen molar-refractivity contribution in [3.8, 4) is 0 Å². The highest BCUT2D eigenvalue weighted by Crippen LogP contribution is 2.22. The van der Waals surface area contributed by atoms with Crippen molar-refractivity contribution in [2.24, 2.45) is 0 Å². The molecule has 2 aromatic carbocycles. The van der Waals surface area contributed by atoms with Crippen LogP contribution in [-0.2, 0) is 38.6 Å². The summed E-state index contributed by atoms with van der Waals surface area (Å²) in [7, 11) is -1.39. The van der Waals surface area contributed by atoms with E-state index in [0.29, 0.717) is 51.2 Å². The van der Waals surface area contributed by atoms with E-state index in [1.807, 2.05) is 142 Å². The maximum atomic E-state index is 12.9. The second-order valence-electron chi connectivity index (χ2n) is 18.8. The van der Waals surface area contributed by atoms with Gasteiger partial charge in [-0.2, -0.15) is 0 Å². The summed E-state index contributed by atoms with van der Waals surface area (Å²) >= 11 is 0. The van der Waals surface area contributed by atoms with Gasteiger partial charge in [0.05, 0.1) is 12.1 Å². The number of ether oxygens (including phenoxy) is 4. The lowest BCUT2D eigenvalue weighted by Crippen LogP contribution is -2.58. The van der Waals surface area contributed by atoms with E-state index in [2.05, 4.69) is 16.5 Å². The number of amides is 4. The molecule has 4 heterocycles. The Kier molecular flexibility index (Phi) is 20.0. The van der Waals surface area contributed by atoms with E-state index >= 15 is 0 Å². The second kappa shape index (κ2) is 25.1. The lowest BCUT2D eigenvalue weighted by molar-refractivity contribution is -0.00309. The summed E-state index contributed by atoms with van der Waals surface area (Å²) in [5.74, 6) is 0. The summed E-state index contributed by atoms with van der Waals surface area (Å²) < 4.78 is 21.9. The molecule has 366 valence electrons. The predicted octanol–water partition coefficient (Wildman–Crippen LogP) is 7.31. The number of benzene rings is 2. The Bertz CT molecular complexity index is 2250. The molecule has 0 spiro atoms. The summed E-state index contributed by atoms with van der Waals surface area (Å²) in [5, 5.41) is 17.6. The highest BCUT2D eigenvalue weighted by Gasteiger charge is 2.36. The first-order chi connectivity index (χ1) is 32.0. The Morgan fingerprint density at radius 2 is 1.03 bits per heavy atom. The number of carbonyl (C=O) groups is 4. The fourth-order valence-electron chi connectivity index (χ4n) is 7.43. The van der Waals surface area contributed by atoms with Crippen LogP contribution in [0.1, 0.15) is 81.0 Å². The molecule has 17 heteroatoms. The van der Waals surface area contributed by atoms with Crippen molar-refractivity contribution in [3.63, 3.8) is 0 Å². The van der Waals surface area contributed by atoms with Crippen LogP contribution in [0.15, 0.2) is 97.6 Å². The smallest absolute Gasteiger partial charge is 0.445 e. The molecular weight excluding hydrogens is 867 g/mol. The average molecular weight is 937 g/mol. The van der Waals surface area contributed by atoms with Crippen LogP contribution in [0.4, 0.5) is 19.2 Å². The van der Waals surface area contributed by atoms with Gasteiger partial charge in [0.1, 0.15) is 24.4 Å². The molecule has 2 aliphatic rings. The molecule has 2 atom stereocenters. The molecule has 2 aromatic heterocycles. The van der Waals surface area contributed by atoms with E-state index in [4.69, 9.17) is 29.0 Å². The minimum absolute atomic E-state index is 0.218. The van der Waals surface area contributed by atoms with E-state index in [1.54, 1.807) is 37.8 Å². The van der Waals surface area contributed by atoms with Gasteiger partial charge < -0.3 is 43.7 Å². The topological polar surface area (TPSA) is 184 Å². The van der Waals surface area contributed by atoms with Gasteiger partial charge in [-0.1, -0.05) is 66.7 Å². The maximum absolute atomic E-state index is 12.9. The molecule has 4 aromatic rings. The molecule has 0 saturated carbocycles. The van der Waals surface area contributed by atoms with Gasteiger partial charge in [0.15, 0.2) is 0 Å². The molecule has 0 aliphatic carbocycles. The molecule has 0 radical (unpaired) electrons. The Balaban J connectivity index is 0.000000247. The van der Waals surface area contributed by atoms with Crippen molar-refractivity contribution in [1.29, 1.82) is 0 Å². The number of aromatic nitrogens is 2. The van der Waals surface area contributed by atoms with Gasteiger partial charge in [0.25, 0.3) is 0 Å². The molecule has 6 rings (SSSR count). The Morgan fingerprint density at radius 1 is 0.618 bits per heavy atom. The van der Waals surface area contributed by atoms with E-state index in [1.165, 1.54) is 0 Å². The number of aryl methyl sites for hydroxylation is 4. The molecular formula is C51H69BN6O10. The van der Waals surface area contributed by atoms with Crippen molar-refractivity contribution in [1.82, 2.24) is 29.6 Å². The maximum Gasteiger partial charge on any atom is 0.488 e. The predicted molar refractivity (Wildman–Crippen MR) is 261 cm³/mol. The van der Waals surface area contributed by atoms with E-state index < -0.39 is 24.4 Å². The van der Waals surface area contributed by atoms with Gasteiger partial charge in [0.2, 0.25) is 0 Å². The molecule has 4 amide bonds. The van der Waals surface area contributed by atoms with Crippen LogP contribution in [-0.4, -0.2) is 134 Å². The summed E-state index contributed by atoms with van der Waals surface area (Å²) in [6.45, 7) is 25.1. The van der Waals surface area contributed by atoms with Crippen LogP contribution < -0.4 is 5.46 Å². The van der Waals surface area contributed by atoms with Crippen molar-refractivity contribution in [2.45, 2.75) is 112 Å². The summed E-state index contributed by atoms with van der Waals surface area (Å²) in [4.78, 5) is 65.3. The zero-order valence-corrected chi connectivity index (χ0v) is 41.3. The zero-order valence-electron chi connectivity index (χ0n) is 41.3. The van der Waals surface area contributed by atoms with Gasteiger partial charge in [-0.15, -0.1) is 6.58 Å². The number of pyridine rings is 2. The van der Waals surface area contributed by atoms with Crippen LogP contribution >= 0.6 is 0 Å². The first-order valence-electron chi connectivity index (χ1n) is 22.8. The standard InChI is InChI=1S/C25H33N3O4.C19H26N2O4.C7H10BNO2/c1-18-13-21(14-19(2)26-18)15-22-16-27(11-12-28(22)24(30)32-25(3,4)5)23(29)31-17-20-9-7-6-8-10-20;1-5-16-13-20(11-12-21(16)18(23)25-19(2,3)4)17(22)24-14-15-9-7-6-8-10-15;1-5-3-7(8(10)11)4-6(2)9-5/h6-10,13-14,22H,11-12,15-17H2,1-5H3;5-10,16H,1,11-14H2,2-4H3;3-4,10-11H,1-2H3. The molecule has 68 heavy (non-hydrogen) atoms. The number of carbonyl (C=O) groups excluding carboxylic acids is 4. The first-order valence-corrected chi connectivity index (χ1v) is 22.8. The van der Waals surface area contributed by atoms with Crippen LogP contribution in [0.25, 0.3) is 0 Å². The fourth-order valence-corrected chi connectivity index (χ4v) is 7.43. The van der Waals surface area contributed by atoms with Crippen LogP contribution in [0.5, 0.6) is 0 Å². The molecule has 2 N–H and O–H groups in total. The Labute approximate surface area is 402 Å². The van der Waals surface area contributed by atoms with Crippen molar-refractivity contribution < 1.29 is 48.2 Å². The Hall–Kier alpha value is -6.46. The summed E-state index contributed by atoms with van der Waals surface area (Å²) in [5.41, 5.74) is 5.75. The third-order valence-electron chi connectivity index (χ3n) is 10.4. The number of rotatable bonds is 8. The van der Waals surface area contributed by atoms with Gasteiger partial charge >= 0.3 is 31.5 Å². The SMILES string of the molecule is C=CC1CN(C(=O)OCc2ccccc2)CCN1C(=O)OC(C)(C)C.Cc1cc(B(O)O)cc(C)n1.Cc1cc(CC2CN(C(=O)OCc3ccccc3)CCN2C(=O)OC(C)(C)C)cc(C)n1. The monoisotopic (exact) mass is 937 g/mol. The van der Waals surface area contributed by atoms with Gasteiger partial charge in [-0.25, -0.2) is 19.2 Å². The quantitative estimate of drug-likeness (QED) is 0.102. The van der Waals surface area contributed by atoms with Crippen LogP contribution in [0.2, 0.25) is 0 Å². The largest absolute Gasteiger partial charge is 0.488 e. The van der Waals surface area contributed by atoms with Crippen LogP contribution in [0, 0.1) is 27.7 Å². The highest BCUT2D eigenvalue weighted by molar-refractivity contribution is 6.58. The number of piperazine rings is 2. The highest BCUT2D eigenvalue weighted by atomic mass is 16.6. The van der Waals surface area contributed by atoms with Gasteiger partial charge in [-0.05, 0) is 122 Å². The molecule has 2 fully saturated rings. The lowest BCUT2D eigenvalue weighted by Gasteiger charge is -2.41. The third kappa shape index (κ3) is 18.3. The van der Waals surface area contributed by atoms with Gasteiger partial charge in [-0.3, -0.25) is 14.9 Å². The number of hydrogen-bond donors (Lipinski definition) is 2. The fraction of sp³-hybridized carbons (Fsp3) is 0.451. The normalized spacial score (nSPS) is 15.9. The average Bonchev–Trinajstić information content (AvgIpc) is 3.26. The zero-order chi connectivity index (χ0) is 50.2. The second-order valence-corrected chi connectivity index (χ2v) is 18.8. The Morgan fingerprint density at radius 3 is 1.46 bits per heavy atom. The molecule has 2 aliphatic heterocycles. The number of hydrogen-bond acceptors (Lipinski definition) is 12. The molecule has 16 nitrogen and oxygen atoms in total. The van der Waals surface area contributed by atoms with E-state index in [9.17, 15) is 19.2 Å². The third-order valence-corrected chi connectivity index (χ3v) is 10.4. The van der Waals surface area contributed by atoms with Gasteiger partial charge in [0, 0.05) is 62.0 Å². The van der Waals surface area contributed by atoms with E-state index in [-0.39, 0.29) is 43.6 Å². The molecule has 2 unspecified atom stereocenters. The minimum atomic E-state index is -1.39. The summed E-state index contributed by atoms with van der Waals surface area (Å²) in [6, 6.07) is 25.9.